The number of aliphatic hydroxyl groups excluding tert-OH is 1. The minimum absolute atomic E-state index is 0.107. The van der Waals surface area contributed by atoms with E-state index in [0.717, 1.165) is 89.9 Å². The second kappa shape index (κ2) is 59.0. The zero-order chi connectivity index (χ0) is 61.2. The Balaban J connectivity index is 5.23. The second-order valence-electron chi connectivity index (χ2n) is 23.2. The third kappa shape index (κ3) is 58.8. The van der Waals surface area contributed by atoms with Crippen LogP contribution in [0, 0.1) is 0 Å². The highest BCUT2D eigenvalue weighted by atomic mass is 31.2. The van der Waals surface area contributed by atoms with Crippen LogP contribution in [-0.2, 0) is 65.4 Å². The molecule has 0 spiro atoms. The van der Waals surface area contributed by atoms with Crippen molar-refractivity contribution in [2.45, 2.75) is 348 Å². The summed E-state index contributed by atoms with van der Waals surface area (Å²) in [5.74, 6) is -2.13. The molecule has 0 fully saturated rings. The summed E-state index contributed by atoms with van der Waals surface area (Å²) in [6.45, 7) is 4.88. The summed E-state index contributed by atoms with van der Waals surface area (Å²) in [5, 5.41) is 10.5. The van der Waals surface area contributed by atoms with Gasteiger partial charge in [-0.25, -0.2) is 9.13 Å². The third-order valence-electron chi connectivity index (χ3n) is 14.9. The van der Waals surface area contributed by atoms with Crippen LogP contribution in [0.2, 0.25) is 0 Å². The molecule has 0 aliphatic rings. The molecule has 19 heteroatoms. The molecular weight excluding hydrogens is 1100 g/mol. The van der Waals surface area contributed by atoms with E-state index in [0.29, 0.717) is 25.7 Å². The second-order valence-corrected chi connectivity index (χ2v) is 26.1. The van der Waals surface area contributed by atoms with E-state index >= 15 is 0 Å². The zero-order valence-electron chi connectivity index (χ0n) is 53.2. The lowest BCUT2D eigenvalue weighted by Gasteiger charge is -2.21. The van der Waals surface area contributed by atoms with Gasteiger partial charge >= 0.3 is 39.5 Å². The number of rotatable bonds is 65. The quantitative estimate of drug-likeness (QED) is 0.0222. The van der Waals surface area contributed by atoms with Crippen molar-refractivity contribution >= 4 is 39.5 Å². The summed E-state index contributed by atoms with van der Waals surface area (Å²) >= 11 is 0. The maximum atomic E-state index is 13.0. The molecule has 0 saturated heterocycles. The van der Waals surface area contributed by atoms with Gasteiger partial charge in [-0.15, -0.1) is 0 Å². The molecule has 2 unspecified atom stereocenters. The monoisotopic (exact) mass is 1230 g/mol. The summed E-state index contributed by atoms with van der Waals surface area (Å²) in [6, 6.07) is 0. The van der Waals surface area contributed by atoms with Crippen LogP contribution in [0.15, 0.2) is 0 Å². The van der Waals surface area contributed by atoms with Gasteiger partial charge in [-0.05, 0) is 25.7 Å². The maximum Gasteiger partial charge on any atom is 0.472 e. The molecule has 0 aliphatic carbocycles. The average molecular weight is 1230 g/mol. The molecule has 83 heavy (non-hydrogen) atoms. The minimum Gasteiger partial charge on any atom is -0.462 e. The van der Waals surface area contributed by atoms with Gasteiger partial charge in [-0.3, -0.25) is 37.3 Å². The first kappa shape index (κ1) is 81.1. The summed E-state index contributed by atoms with van der Waals surface area (Å²) < 4.78 is 68.0. The predicted molar refractivity (Wildman–Crippen MR) is 331 cm³/mol. The van der Waals surface area contributed by atoms with E-state index in [9.17, 15) is 43.2 Å². The summed E-state index contributed by atoms with van der Waals surface area (Å²) in [4.78, 5) is 72.2. The number of unbranched alkanes of at least 4 members (excludes halogenated alkanes) is 39. The summed E-state index contributed by atoms with van der Waals surface area (Å²) in [7, 11) is -9.88. The van der Waals surface area contributed by atoms with Gasteiger partial charge in [0, 0.05) is 25.7 Å². The fourth-order valence-corrected chi connectivity index (χ4v) is 11.2. The number of carbonyl (C=O) groups is 4. The molecule has 5 atom stereocenters. The van der Waals surface area contributed by atoms with Crippen LogP contribution in [0.3, 0.4) is 0 Å². The van der Waals surface area contributed by atoms with Gasteiger partial charge < -0.3 is 33.8 Å². The Kier molecular flexibility index (Phi) is 57.7. The Morgan fingerprint density at radius 3 is 0.711 bits per heavy atom. The molecule has 0 aromatic rings. The number of phosphoric acid groups is 2. The number of hydrogen-bond donors (Lipinski definition) is 3. The van der Waals surface area contributed by atoms with E-state index in [1.807, 2.05) is 0 Å². The van der Waals surface area contributed by atoms with Crippen LogP contribution in [0.5, 0.6) is 0 Å². The number of aliphatic hydroxyl groups is 1. The lowest BCUT2D eigenvalue weighted by atomic mass is 10.0. The fourth-order valence-electron chi connectivity index (χ4n) is 9.63. The number of ether oxygens (including phenoxy) is 4. The lowest BCUT2D eigenvalue weighted by molar-refractivity contribution is -0.161. The van der Waals surface area contributed by atoms with Crippen LogP contribution >= 0.6 is 15.6 Å². The topological polar surface area (TPSA) is 237 Å². The van der Waals surface area contributed by atoms with Crippen molar-refractivity contribution in [1.82, 2.24) is 0 Å². The van der Waals surface area contributed by atoms with Crippen LogP contribution in [0.4, 0.5) is 0 Å². The minimum atomic E-state index is -4.94. The molecule has 0 aliphatic heterocycles. The largest absolute Gasteiger partial charge is 0.472 e. The molecular formula is C64H124O17P2. The molecule has 0 amide bonds. The van der Waals surface area contributed by atoms with Gasteiger partial charge in [0.2, 0.25) is 0 Å². The van der Waals surface area contributed by atoms with Crippen LogP contribution in [-0.4, -0.2) is 96.7 Å². The van der Waals surface area contributed by atoms with Crippen molar-refractivity contribution in [3.63, 3.8) is 0 Å². The van der Waals surface area contributed by atoms with Crippen LogP contribution in [0.1, 0.15) is 329 Å². The van der Waals surface area contributed by atoms with Crippen LogP contribution < -0.4 is 0 Å². The number of hydrogen-bond acceptors (Lipinski definition) is 15. The van der Waals surface area contributed by atoms with E-state index in [4.69, 9.17) is 37.0 Å². The van der Waals surface area contributed by atoms with E-state index in [1.54, 1.807) is 0 Å². The molecule has 3 N–H and O–H groups in total. The Labute approximate surface area is 505 Å². The Morgan fingerprint density at radius 1 is 0.289 bits per heavy atom. The smallest absolute Gasteiger partial charge is 0.462 e. The highest BCUT2D eigenvalue weighted by molar-refractivity contribution is 7.47. The molecule has 492 valence electrons. The fraction of sp³-hybridized carbons (Fsp3) is 0.938. The first-order chi connectivity index (χ1) is 40.2. The molecule has 0 aromatic carbocycles. The zero-order valence-corrected chi connectivity index (χ0v) is 54.9. The van der Waals surface area contributed by atoms with Crippen molar-refractivity contribution in [3.8, 4) is 0 Å². The van der Waals surface area contributed by atoms with Crippen molar-refractivity contribution in [1.29, 1.82) is 0 Å². The molecule has 0 radical (unpaired) electrons. The van der Waals surface area contributed by atoms with Gasteiger partial charge in [-0.2, -0.15) is 0 Å². The van der Waals surface area contributed by atoms with Gasteiger partial charge in [0.15, 0.2) is 12.2 Å². The van der Waals surface area contributed by atoms with E-state index in [1.165, 1.54) is 161 Å². The standard InChI is InChI=1S/C64H124O17P2/c1-5-9-13-17-21-25-28-30-34-37-41-45-49-62(67)75-55-60(81-64(69)51-47-43-39-35-31-29-26-22-18-14-10-6-2)57-79-83(72,73)77-53-58(65)52-76-82(70,71)78-56-59(54-74-61(66)48-44-40-36-32-24-20-16-12-8-4)80-63(68)50-46-42-38-33-27-23-19-15-11-7-3/h58-60,65H,5-57H2,1-4H3,(H,70,71)(H,72,73)/t58-,59+,60+/m0/s1. The Bertz CT molecular complexity index is 1600. The lowest BCUT2D eigenvalue weighted by Crippen LogP contribution is -2.30. The van der Waals surface area contributed by atoms with E-state index in [2.05, 4.69) is 27.7 Å². The van der Waals surface area contributed by atoms with Crippen molar-refractivity contribution in [2.75, 3.05) is 39.6 Å². The SMILES string of the molecule is CCCCCCCCCCCCCCC(=O)OC[C@H](COP(=O)(O)OC[C@@H](O)COP(=O)(O)OC[C@@H](COC(=O)CCCCCCCCCCC)OC(=O)CCCCCCCCCCCC)OC(=O)CCCCCCCCCCCCCC. The maximum absolute atomic E-state index is 13.0. The van der Waals surface area contributed by atoms with E-state index < -0.39 is 97.5 Å². The number of esters is 4. The first-order valence-electron chi connectivity index (χ1n) is 33.8. The third-order valence-corrected chi connectivity index (χ3v) is 16.8. The molecule has 17 nitrogen and oxygen atoms in total. The molecule has 0 bridgehead atoms. The molecule has 0 heterocycles. The molecule has 0 aromatic heterocycles. The highest BCUT2D eigenvalue weighted by Gasteiger charge is 2.30. The van der Waals surface area contributed by atoms with Crippen molar-refractivity contribution in [2.24, 2.45) is 0 Å². The van der Waals surface area contributed by atoms with Gasteiger partial charge in [-0.1, -0.05) is 278 Å². The Morgan fingerprint density at radius 2 is 0.482 bits per heavy atom. The van der Waals surface area contributed by atoms with Crippen molar-refractivity contribution < 1.29 is 80.2 Å². The molecule has 0 rings (SSSR count). The first-order valence-corrected chi connectivity index (χ1v) is 36.8. The van der Waals surface area contributed by atoms with Gasteiger partial charge in [0.1, 0.15) is 19.3 Å². The Hall–Kier alpha value is -1.94. The number of carbonyl (C=O) groups excluding carboxylic acids is 4. The van der Waals surface area contributed by atoms with Crippen molar-refractivity contribution in [3.05, 3.63) is 0 Å². The average Bonchev–Trinajstić information content (AvgIpc) is 3.46. The summed E-state index contributed by atoms with van der Waals surface area (Å²) in [5.41, 5.74) is 0. The van der Waals surface area contributed by atoms with Gasteiger partial charge in [0.05, 0.1) is 26.4 Å². The summed E-state index contributed by atoms with van der Waals surface area (Å²) in [6.07, 6.45) is 44.2. The van der Waals surface area contributed by atoms with E-state index in [-0.39, 0.29) is 25.7 Å². The number of phosphoric ester groups is 2. The molecule has 0 saturated carbocycles. The predicted octanol–water partition coefficient (Wildman–Crippen LogP) is 17.9. The highest BCUT2D eigenvalue weighted by Crippen LogP contribution is 2.45. The normalized spacial score (nSPS) is 14.2. The van der Waals surface area contributed by atoms with Gasteiger partial charge in [0.25, 0.3) is 0 Å². The van der Waals surface area contributed by atoms with Crippen LogP contribution in [0.25, 0.3) is 0 Å².